The van der Waals surface area contributed by atoms with E-state index in [9.17, 15) is 15.3 Å². The molecular weight excluding hydrogens is 414 g/mol. The van der Waals surface area contributed by atoms with E-state index < -0.39 is 0 Å². The molecule has 168 valence electrons. The van der Waals surface area contributed by atoms with Crippen LogP contribution in [0.2, 0.25) is 0 Å². The smallest absolute Gasteiger partial charge is 0.172 e. The molecular formula is C28H27NO4. The lowest BCUT2D eigenvalue weighted by Gasteiger charge is -2.29. The average Bonchev–Trinajstić information content (AvgIpc) is 2.79. The summed E-state index contributed by atoms with van der Waals surface area (Å²) < 4.78 is 6.12. The zero-order chi connectivity index (χ0) is 23.7. The minimum absolute atomic E-state index is 0.0769. The van der Waals surface area contributed by atoms with Crippen LogP contribution in [0.3, 0.4) is 0 Å². The van der Waals surface area contributed by atoms with Gasteiger partial charge in [-0.25, -0.2) is 0 Å². The molecule has 0 aliphatic carbocycles. The minimum Gasteiger partial charge on any atom is -0.508 e. The Labute approximate surface area is 193 Å². The first-order valence-electron chi connectivity index (χ1n) is 10.7. The second kappa shape index (κ2) is 8.79. The van der Waals surface area contributed by atoms with Crippen LogP contribution in [-0.4, -0.2) is 15.3 Å². The van der Waals surface area contributed by atoms with Gasteiger partial charge in [0.1, 0.15) is 17.2 Å². The number of benzene rings is 4. The topological polar surface area (TPSA) is 73.2 Å². The third-order valence-corrected chi connectivity index (χ3v) is 5.82. The molecule has 4 rings (SSSR count). The summed E-state index contributed by atoms with van der Waals surface area (Å²) >= 11 is 0. The lowest BCUT2D eigenvalue weighted by molar-refractivity contribution is 0.408. The van der Waals surface area contributed by atoms with Crippen LogP contribution in [0.15, 0.2) is 72.8 Å². The van der Waals surface area contributed by atoms with Crippen molar-refractivity contribution in [3.63, 3.8) is 0 Å². The number of rotatable bonds is 5. The van der Waals surface area contributed by atoms with E-state index in [1.54, 1.807) is 30.3 Å². The van der Waals surface area contributed by atoms with Crippen molar-refractivity contribution in [1.29, 1.82) is 0 Å². The summed E-state index contributed by atoms with van der Waals surface area (Å²) in [5.41, 5.74) is 6.12. The Hall–Kier alpha value is -4.12. The zero-order valence-electron chi connectivity index (χ0n) is 19.1. The van der Waals surface area contributed by atoms with Gasteiger partial charge in [-0.2, -0.15) is 0 Å². The SMILES string of the molecule is Cc1ccc(O)cc1N(c1cccc(Oc2c(O)ccc(C)c2C)c1)c1cc(O)ccc1C. The van der Waals surface area contributed by atoms with Gasteiger partial charge in [0.2, 0.25) is 0 Å². The van der Waals surface area contributed by atoms with E-state index in [1.165, 1.54) is 0 Å². The molecule has 5 heteroatoms. The molecule has 0 fully saturated rings. The maximum Gasteiger partial charge on any atom is 0.172 e. The number of phenols is 3. The van der Waals surface area contributed by atoms with Crippen LogP contribution >= 0.6 is 0 Å². The number of aromatic hydroxyl groups is 3. The normalized spacial score (nSPS) is 10.8. The molecule has 0 aliphatic rings. The summed E-state index contributed by atoms with van der Waals surface area (Å²) in [5, 5.41) is 30.8. The predicted octanol–water partition coefficient (Wildman–Crippen LogP) is 7.30. The molecule has 0 spiro atoms. The first-order valence-corrected chi connectivity index (χ1v) is 10.7. The third-order valence-electron chi connectivity index (χ3n) is 5.82. The van der Waals surface area contributed by atoms with Crippen molar-refractivity contribution in [2.75, 3.05) is 4.90 Å². The van der Waals surface area contributed by atoms with Crippen LogP contribution in [0.1, 0.15) is 22.3 Å². The van der Waals surface area contributed by atoms with E-state index in [1.807, 2.05) is 75.1 Å². The molecule has 0 aliphatic heterocycles. The molecule has 4 aromatic rings. The maximum absolute atomic E-state index is 10.4. The summed E-state index contributed by atoms with van der Waals surface area (Å²) in [6.07, 6.45) is 0. The molecule has 0 unspecified atom stereocenters. The maximum atomic E-state index is 10.4. The van der Waals surface area contributed by atoms with Crippen LogP contribution in [0.25, 0.3) is 0 Å². The number of hydrogen-bond donors (Lipinski definition) is 3. The summed E-state index contributed by atoms with van der Waals surface area (Å²) in [7, 11) is 0. The molecule has 0 saturated heterocycles. The molecule has 0 saturated carbocycles. The third kappa shape index (κ3) is 4.44. The minimum atomic E-state index is 0.0769. The Morgan fingerprint density at radius 2 is 1.21 bits per heavy atom. The highest BCUT2D eigenvalue weighted by Crippen LogP contribution is 2.43. The number of phenolic OH excluding ortho intramolecular Hbond substituents is 3. The van der Waals surface area contributed by atoms with Crippen molar-refractivity contribution >= 4 is 17.1 Å². The summed E-state index contributed by atoms with van der Waals surface area (Å²) in [5.74, 6) is 1.34. The van der Waals surface area contributed by atoms with E-state index in [0.717, 1.165) is 39.3 Å². The molecule has 0 heterocycles. The fourth-order valence-corrected chi connectivity index (χ4v) is 3.79. The van der Waals surface area contributed by atoms with Crippen molar-refractivity contribution < 1.29 is 20.1 Å². The van der Waals surface area contributed by atoms with Crippen LogP contribution in [0, 0.1) is 27.7 Å². The van der Waals surface area contributed by atoms with Gasteiger partial charge in [0.25, 0.3) is 0 Å². The van der Waals surface area contributed by atoms with Crippen LogP contribution in [0.5, 0.6) is 28.7 Å². The van der Waals surface area contributed by atoms with Crippen LogP contribution in [-0.2, 0) is 0 Å². The first kappa shape index (κ1) is 22.1. The average molecular weight is 442 g/mol. The molecule has 0 amide bonds. The van der Waals surface area contributed by atoms with Crippen molar-refractivity contribution in [3.05, 3.63) is 95.1 Å². The van der Waals surface area contributed by atoms with Gasteiger partial charge in [-0.1, -0.05) is 24.3 Å². The molecule has 0 aromatic heterocycles. The fourth-order valence-electron chi connectivity index (χ4n) is 3.79. The van der Waals surface area contributed by atoms with E-state index in [2.05, 4.69) is 0 Å². The van der Waals surface area contributed by atoms with E-state index in [4.69, 9.17) is 4.74 Å². The molecule has 4 aromatic carbocycles. The Morgan fingerprint density at radius 3 is 1.82 bits per heavy atom. The summed E-state index contributed by atoms with van der Waals surface area (Å²) in [6.45, 7) is 7.81. The van der Waals surface area contributed by atoms with Gasteiger partial charge in [0, 0.05) is 23.9 Å². The highest BCUT2D eigenvalue weighted by molar-refractivity contribution is 5.81. The molecule has 0 bridgehead atoms. The quantitative estimate of drug-likeness (QED) is 0.303. The second-order valence-electron chi connectivity index (χ2n) is 8.23. The molecule has 3 N–H and O–H groups in total. The number of nitrogens with zero attached hydrogens (tertiary/aromatic N) is 1. The van der Waals surface area contributed by atoms with Crippen molar-refractivity contribution in [3.8, 4) is 28.7 Å². The van der Waals surface area contributed by atoms with Gasteiger partial charge in [-0.15, -0.1) is 0 Å². The highest BCUT2D eigenvalue weighted by Gasteiger charge is 2.19. The first-order chi connectivity index (χ1) is 15.7. The van der Waals surface area contributed by atoms with Gasteiger partial charge in [0.15, 0.2) is 11.5 Å². The Balaban J connectivity index is 1.86. The Bertz CT molecular complexity index is 1280. The Kier molecular flexibility index (Phi) is 5.88. The molecule has 0 radical (unpaired) electrons. The van der Waals surface area contributed by atoms with Gasteiger partial charge in [0.05, 0.1) is 11.4 Å². The van der Waals surface area contributed by atoms with Gasteiger partial charge >= 0.3 is 0 Å². The van der Waals surface area contributed by atoms with Crippen molar-refractivity contribution in [1.82, 2.24) is 0 Å². The van der Waals surface area contributed by atoms with E-state index in [-0.39, 0.29) is 17.2 Å². The number of anilines is 3. The second-order valence-corrected chi connectivity index (χ2v) is 8.23. The summed E-state index contributed by atoms with van der Waals surface area (Å²) in [6, 6.07) is 21.4. The van der Waals surface area contributed by atoms with E-state index in [0.29, 0.717) is 11.5 Å². The van der Waals surface area contributed by atoms with Gasteiger partial charge in [-0.3, -0.25) is 0 Å². The fraction of sp³-hybridized carbons (Fsp3) is 0.143. The van der Waals surface area contributed by atoms with Crippen molar-refractivity contribution in [2.45, 2.75) is 27.7 Å². The Morgan fingerprint density at radius 1 is 0.636 bits per heavy atom. The monoisotopic (exact) mass is 441 g/mol. The van der Waals surface area contributed by atoms with Crippen LogP contribution < -0.4 is 9.64 Å². The zero-order valence-corrected chi connectivity index (χ0v) is 19.1. The lowest BCUT2D eigenvalue weighted by Crippen LogP contribution is -2.12. The van der Waals surface area contributed by atoms with Crippen LogP contribution in [0.4, 0.5) is 17.1 Å². The number of aryl methyl sites for hydroxylation is 3. The number of hydrogen-bond acceptors (Lipinski definition) is 5. The number of ether oxygens (including phenoxy) is 1. The highest BCUT2D eigenvalue weighted by atomic mass is 16.5. The predicted molar refractivity (Wildman–Crippen MR) is 132 cm³/mol. The molecule has 0 atom stereocenters. The standard InChI is InChI=1S/C28H27NO4/c1-17-10-13-27(32)28(20(17)4)33-24-7-5-6-21(14-24)29(25-15-22(30)11-8-18(25)2)26-16-23(31)12-9-19(26)3/h5-16,30-32H,1-4H3. The van der Waals surface area contributed by atoms with E-state index >= 15 is 0 Å². The summed E-state index contributed by atoms with van der Waals surface area (Å²) in [4.78, 5) is 1.97. The lowest BCUT2D eigenvalue weighted by atomic mass is 10.1. The van der Waals surface area contributed by atoms with Gasteiger partial charge in [-0.05, 0) is 80.3 Å². The molecule has 5 nitrogen and oxygen atoms in total. The van der Waals surface area contributed by atoms with Gasteiger partial charge < -0.3 is 25.0 Å². The van der Waals surface area contributed by atoms with Crippen molar-refractivity contribution in [2.24, 2.45) is 0 Å². The largest absolute Gasteiger partial charge is 0.508 e. The molecule has 33 heavy (non-hydrogen) atoms.